The summed E-state index contributed by atoms with van der Waals surface area (Å²) in [7, 11) is -3.58. The minimum atomic E-state index is -3.58. The van der Waals surface area contributed by atoms with E-state index in [0.717, 1.165) is 23.9 Å². The molecule has 1 heterocycles. The average Bonchev–Trinajstić information content (AvgIpc) is 2.68. The largest absolute Gasteiger partial charge is 0.437 e. The van der Waals surface area contributed by atoms with Crippen LogP contribution in [-0.4, -0.2) is 42.5 Å². The minimum Gasteiger partial charge on any atom is -0.437 e. The third kappa shape index (κ3) is 6.73. The van der Waals surface area contributed by atoms with Crippen LogP contribution in [0.4, 0.5) is 17.6 Å². The number of nitrogens with one attached hydrogen (secondary N) is 1. The van der Waals surface area contributed by atoms with Crippen molar-refractivity contribution in [2.75, 3.05) is 6.26 Å². The van der Waals surface area contributed by atoms with Crippen molar-refractivity contribution in [3.05, 3.63) is 59.4 Å². The Morgan fingerprint density at radius 3 is 2.45 bits per heavy atom. The number of amides is 1. The second kappa shape index (κ2) is 9.08. The zero-order chi connectivity index (χ0) is 24.4. The molecule has 0 bridgehead atoms. The summed E-state index contributed by atoms with van der Waals surface area (Å²) in [6.45, 7) is 0.595. The molecule has 1 amide bonds. The zero-order valence-corrected chi connectivity index (χ0v) is 18.5. The minimum absolute atomic E-state index is 0.181. The summed E-state index contributed by atoms with van der Waals surface area (Å²) < 4.78 is 82.9. The highest BCUT2D eigenvalue weighted by molar-refractivity contribution is 7.93. The molecule has 1 aromatic carbocycles. The molecule has 0 radical (unpaired) electrons. The topological polar surface area (TPSA) is 98.2 Å². The highest BCUT2D eigenvalue weighted by Crippen LogP contribution is 2.44. The van der Waals surface area contributed by atoms with E-state index in [1.165, 1.54) is 12.1 Å². The van der Waals surface area contributed by atoms with Crippen LogP contribution in [0.15, 0.2) is 48.0 Å². The van der Waals surface area contributed by atoms with Gasteiger partial charge in [0.05, 0.1) is 12.2 Å². The molecule has 3 rings (SSSR count). The highest BCUT2D eigenvalue weighted by atomic mass is 32.2. The molecule has 33 heavy (non-hydrogen) atoms. The third-order valence-electron chi connectivity index (χ3n) is 4.81. The molecule has 1 aliphatic rings. The Balaban J connectivity index is 1.88. The highest BCUT2D eigenvalue weighted by Gasteiger charge is 2.48. The van der Waals surface area contributed by atoms with Crippen LogP contribution in [0.2, 0.25) is 0 Å². The number of aromatic nitrogens is 2. The van der Waals surface area contributed by atoms with E-state index in [1.807, 2.05) is 0 Å². The molecule has 0 saturated heterocycles. The van der Waals surface area contributed by atoms with Gasteiger partial charge in [0.2, 0.25) is 11.8 Å². The maximum absolute atomic E-state index is 14.0. The van der Waals surface area contributed by atoms with Crippen molar-refractivity contribution in [1.29, 1.82) is 0 Å². The molecule has 1 N–H and O–H groups in total. The lowest BCUT2D eigenvalue weighted by Gasteiger charge is -2.39. The van der Waals surface area contributed by atoms with E-state index in [2.05, 4.69) is 15.3 Å². The normalized spacial score (nSPS) is 17.4. The second-order valence-electron chi connectivity index (χ2n) is 7.89. The molecule has 12 heteroatoms. The predicted octanol–water partition coefficient (Wildman–Crippen LogP) is 4.08. The molecule has 0 unspecified atom stereocenters. The van der Waals surface area contributed by atoms with E-state index < -0.39 is 69.7 Å². The number of hydrogen-bond donors (Lipinski definition) is 1. The lowest BCUT2D eigenvalue weighted by Crippen LogP contribution is -2.49. The number of hydrogen-bond acceptors (Lipinski definition) is 6. The van der Waals surface area contributed by atoms with Gasteiger partial charge in [0.25, 0.3) is 11.8 Å². The molecule has 1 aromatic heterocycles. The number of carbonyl (C=O) groups excluding carboxylic acids is 1. The molecule has 2 aromatic rings. The number of ether oxygens (including phenoxy) is 1. The second-order valence-corrected chi connectivity index (χ2v) is 9.83. The Hall–Kier alpha value is -3.02. The Kier molecular flexibility index (Phi) is 6.78. The van der Waals surface area contributed by atoms with E-state index in [1.54, 1.807) is 18.2 Å². The van der Waals surface area contributed by atoms with Gasteiger partial charge in [0, 0.05) is 31.4 Å². The van der Waals surface area contributed by atoms with Crippen LogP contribution in [0.1, 0.15) is 35.9 Å². The summed E-state index contributed by atoms with van der Waals surface area (Å²) >= 11 is 0. The summed E-state index contributed by atoms with van der Waals surface area (Å²) in [5.41, 5.74) is -1.20. The van der Waals surface area contributed by atoms with Gasteiger partial charge >= 0.3 is 0 Å². The van der Waals surface area contributed by atoms with Gasteiger partial charge in [-0.3, -0.25) is 4.79 Å². The van der Waals surface area contributed by atoms with Gasteiger partial charge in [0.1, 0.15) is 5.75 Å². The summed E-state index contributed by atoms with van der Waals surface area (Å²) in [6, 6.07) is 6.85. The zero-order valence-electron chi connectivity index (χ0n) is 17.6. The molecule has 0 aliphatic heterocycles. The molecule has 1 saturated carbocycles. The summed E-state index contributed by atoms with van der Waals surface area (Å²) in [5, 5.41) is 3.24. The molecule has 1 atom stereocenters. The number of nitrogens with zero attached hydrogens (tertiary/aromatic N) is 2. The van der Waals surface area contributed by atoms with Gasteiger partial charge in [-0.1, -0.05) is 24.3 Å². The summed E-state index contributed by atoms with van der Waals surface area (Å²) in [4.78, 5) is 20.2. The number of alkyl halides is 4. The molecular weight excluding hydrogens is 466 g/mol. The lowest BCUT2D eigenvalue weighted by molar-refractivity contribution is -0.114. The SMILES string of the molecule is CC(F)(F)c1ncc(C(=O)N[C@@H](/C=C/S(C)(=O)=O)C2CC(F)(F)C2)nc1Oc1ccccc1. The summed E-state index contributed by atoms with van der Waals surface area (Å²) in [5.74, 6) is -8.37. The van der Waals surface area contributed by atoms with Gasteiger partial charge < -0.3 is 10.1 Å². The number of carbonyl (C=O) groups is 1. The maximum Gasteiger partial charge on any atom is 0.292 e. The number of para-hydroxylation sites is 1. The van der Waals surface area contributed by atoms with Crippen molar-refractivity contribution in [3.63, 3.8) is 0 Å². The Morgan fingerprint density at radius 1 is 1.27 bits per heavy atom. The first kappa shape index (κ1) is 24.6. The first-order valence-electron chi connectivity index (χ1n) is 9.79. The monoisotopic (exact) mass is 487 g/mol. The van der Waals surface area contributed by atoms with E-state index in [9.17, 15) is 30.8 Å². The van der Waals surface area contributed by atoms with Crippen LogP contribution in [-0.2, 0) is 15.8 Å². The Bertz CT molecular complexity index is 1140. The van der Waals surface area contributed by atoms with Gasteiger partial charge in [-0.25, -0.2) is 27.2 Å². The molecule has 178 valence electrons. The molecule has 7 nitrogen and oxygen atoms in total. The van der Waals surface area contributed by atoms with E-state index in [0.29, 0.717) is 6.92 Å². The molecule has 0 spiro atoms. The number of sulfone groups is 1. The van der Waals surface area contributed by atoms with Crippen LogP contribution < -0.4 is 10.1 Å². The summed E-state index contributed by atoms with van der Waals surface area (Å²) in [6.07, 6.45) is 1.76. The van der Waals surface area contributed by atoms with Crippen molar-refractivity contribution in [2.24, 2.45) is 5.92 Å². The molecular formula is C21H21F4N3O4S. The fourth-order valence-electron chi connectivity index (χ4n) is 3.19. The van der Waals surface area contributed by atoms with E-state index in [4.69, 9.17) is 4.74 Å². The van der Waals surface area contributed by atoms with Crippen molar-refractivity contribution in [1.82, 2.24) is 15.3 Å². The average molecular weight is 487 g/mol. The first-order valence-corrected chi connectivity index (χ1v) is 11.7. The molecule has 1 fully saturated rings. The fraction of sp³-hybridized carbons (Fsp3) is 0.381. The third-order valence-corrected chi connectivity index (χ3v) is 5.46. The lowest BCUT2D eigenvalue weighted by atomic mass is 9.76. The van der Waals surface area contributed by atoms with Crippen LogP contribution in [0.5, 0.6) is 11.6 Å². The van der Waals surface area contributed by atoms with Crippen LogP contribution in [0.25, 0.3) is 0 Å². The van der Waals surface area contributed by atoms with Crippen molar-refractivity contribution in [2.45, 2.75) is 37.7 Å². The maximum atomic E-state index is 14.0. The van der Waals surface area contributed by atoms with Crippen LogP contribution in [0, 0.1) is 5.92 Å². The van der Waals surface area contributed by atoms with Gasteiger partial charge in [0.15, 0.2) is 21.2 Å². The van der Waals surface area contributed by atoms with Gasteiger partial charge in [-0.2, -0.15) is 8.78 Å². The van der Waals surface area contributed by atoms with Crippen molar-refractivity contribution >= 4 is 15.7 Å². The van der Waals surface area contributed by atoms with Crippen LogP contribution in [0.3, 0.4) is 0 Å². The quantitative estimate of drug-likeness (QED) is 0.564. The fourth-order valence-corrected chi connectivity index (χ4v) is 3.65. The Labute approximate surface area is 187 Å². The first-order chi connectivity index (χ1) is 15.2. The smallest absolute Gasteiger partial charge is 0.292 e. The standard InChI is InChI=1S/C21H21F4N3O4S/c1-20(22,23)17-19(32-14-6-4-3-5-7-14)28-16(12-26-17)18(29)27-15(8-9-33(2,30)31)13-10-21(24,25)11-13/h3-9,12-13,15H,10-11H2,1-2H3,(H,27,29)/b9-8+/t15-/m0/s1. The van der Waals surface area contributed by atoms with E-state index in [-0.39, 0.29) is 5.75 Å². The van der Waals surface area contributed by atoms with Crippen LogP contribution >= 0.6 is 0 Å². The predicted molar refractivity (Wildman–Crippen MR) is 111 cm³/mol. The Morgan fingerprint density at radius 2 is 1.91 bits per heavy atom. The number of benzene rings is 1. The van der Waals surface area contributed by atoms with Crippen molar-refractivity contribution in [3.8, 4) is 11.6 Å². The molecule has 1 aliphatic carbocycles. The van der Waals surface area contributed by atoms with E-state index >= 15 is 0 Å². The number of rotatable bonds is 8. The van der Waals surface area contributed by atoms with Gasteiger partial charge in [-0.15, -0.1) is 0 Å². The number of halogens is 4. The van der Waals surface area contributed by atoms with Crippen molar-refractivity contribution < 1.29 is 35.5 Å². The van der Waals surface area contributed by atoms with Gasteiger partial charge in [-0.05, 0) is 18.1 Å².